The number of carbonyl (C=O) groups excluding carboxylic acids is 1. The Bertz CT molecular complexity index is 602. The number of nitrogens with one attached hydrogen (secondary N) is 1. The van der Waals surface area contributed by atoms with E-state index in [0.29, 0.717) is 5.75 Å². The number of halogens is 1. The number of carbonyl (C=O) groups is 1. The van der Waals surface area contributed by atoms with Crippen molar-refractivity contribution in [2.75, 3.05) is 18.6 Å². The van der Waals surface area contributed by atoms with Crippen LogP contribution in [0.25, 0.3) is 0 Å². The molecule has 0 aromatic heterocycles. The van der Waals surface area contributed by atoms with Crippen molar-refractivity contribution in [1.29, 1.82) is 0 Å². The van der Waals surface area contributed by atoms with Gasteiger partial charge in [-0.1, -0.05) is 18.2 Å². The van der Waals surface area contributed by atoms with Gasteiger partial charge in [0.25, 0.3) is 0 Å². The van der Waals surface area contributed by atoms with E-state index in [4.69, 9.17) is 16.3 Å². The van der Waals surface area contributed by atoms with Crippen molar-refractivity contribution in [2.45, 2.75) is 17.8 Å². The summed E-state index contributed by atoms with van der Waals surface area (Å²) in [6.45, 7) is 0. The van der Waals surface area contributed by atoms with Crippen LogP contribution in [0, 0.1) is 0 Å². The van der Waals surface area contributed by atoms with E-state index in [1.165, 1.54) is 7.11 Å². The van der Waals surface area contributed by atoms with Crippen LogP contribution in [0.5, 0.6) is 5.75 Å². The Kier molecular flexibility index (Phi) is 4.55. The van der Waals surface area contributed by atoms with Gasteiger partial charge >= 0.3 is 0 Å². The van der Waals surface area contributed by atoms with Crippen LogP contribution < -0.4 is 10.1 Å². The third kappa shape index (κ3) is 3.64. The molecule has 0 bridgehead atoms. The molecule has 0 saturated carbocycles. The van der Waals surface area contributed by atoms with Crippen molar-refractivity contribution >= 4 is 27.3 Å². The fourth-order valence-corrected chi connectivity index (χ4v) is 4.77. The van der Waals surface area contributed by atoms with Gasteiger partial charge in [-0.15, -0.1) is 11.6 Å². The minimum atomic E-state index is -3.15. The Labute approximate surface area is 123 Å². The summed E-state index contributed by atoms with van der Waals surface area (Å²) >= 11 is 5.95. The standard InChI is InChI=1S/C13H16ClNO4S/c1-19-12-5-3-2-4-9(12)6-13(16)15-11-8-20(17,18)7-10(11)14/h2-5,10-11H,6-8H2,1H3,(H,15,16). The molecule has 1 N–H and O–H groups in total. The summed E-state index contributed by atoms with van der Waals surface area (Å²) in [5.74, 6) is 0.179. The second-order valence-corrected chi connectivity index (χ2v) is 7.47. The van der Waals surface area contributed by atoms with Crippen molar-refractivity contribution in [3.63, 3.8) is 0 Å². The molecule has 110 valence electrons. The first-order valence-electron chi connectivity index (χ1n) is 6.17. The number of methoxy groups -OCH3 is 1. The maximum atomic E-state index is 12.0. The molecule has 1 amide bonds. The summed E-state index contributed by atoms with van der Waals surface area (Å²) in [7, 11) is -1.61. The molecule has 1 aromatic rings. The number of sulfone groups is 1. The van der Waals surface area contributed by atoms with E-state index in [1.807, 2.05) is 12.1 Å². The van der Waals surface area contributed by atoms with Crippen LogP contribution in [0.15, 0.2) is 24.3 Å². The van der Waals surface area contributed by atoms with Gasteiger partial charge in [0.15, 0.2) is 9.84 Å². The van der Waals surface area contributed by atoms with Gasteiger partial charge in [0.05, 0.1) is 36.5 Å². The Morgan fingerprint density at radius 2 is 2.10 bits per heavy atom. The Balaban J connectivity index is 2.00. The topological polar surface area (TPSA) is 72.5 Å². The van der Waals surface area contributed by atoms with Gasteiger partial charge < -0.3 is 10.1 Å². The van der Waals surface area contributed by atoms with Crippen LogP contribution in [0.3, 0.4) is 0 Å². The van der Waals surface area contributed by atoms with E-state index >= 15 is 0 Å². The van der Waals surface area contributed by atoms with Crippen LogP contribution in [-0.4, -0.2) is 44.4 Å². The molecule has 1 heterocycles. The van der Waals surface area contributed by atoms with Gasteiger partial charge in [0.1, 0.15) is 5.75 Å². The summed E-state index contributed by atoms with van der Waals surface area (Å²) in [6.07, 6.45) is 0.129. The van der Waals surface area contributed by atoms with Crippen LogP contribution >= 0.6 is 11.6 Å². The Morgan fingerprint density at radius 3 is 2.70 bits per heavy atom. The largest absolute Gasteiger partial charge is 0.496 e. The van der Waals surface area contributed by atoms with Crippen molar-refractivity contribution in [3.05, 3.63) is 29.8 Å². The van der Waals surface area contributed by atoms with Crippen molar-refractivity contribution in [3.8, 4) is 5.75 Å². The molecule has 5 nitrogen and oxygen atoms in total. The quantitative estimate of drug-likeness (QED) is 0.832. The average Bonchev–Trinajstić information content (AvgIpc) is 2.62. The van der Waals surface area contributed by atoms with Gasteiger partial charge in [-0.3, -0.25) is 4.79 Å². The zero-order chi connectivity index (χ0) is 14.8. The highest BCUT2D eigenvalue weighted by atomic mass is 35.5. The zero-order valence-electron chi connectivity index (χ0n) is 11.0. The van der Waals surface area contributed by atoms with Gasteiger partial charge in [-0.2, -0.15) is 0 Å². The lowest BCUT2D eigenvalue weighted by Crippen LogP contribution is -2.41. The molecule has 0 radical (unpaired) electrons. The second-order valence-electron chi connectivity index (χ2n) is 4.76. The first kappa shape index (κ1) is 15.1. The second kappa shape index (κ2) is 6.01. The molecule has 1 aliphatic rings. The number of alkyl halides is 1. The van der Waals surface area contributed by atoms with Crippen LogP contribution in [0.2, 0.25) is 0 Å². The van der Waals surface area contributed by atoms with Crippen LogP contribution in [-0.2, 0) is 21.1 Å². The molecular weight excluding hydrogens is 302 g/mol. The number of rotatable bonds is 4. The molecule has 2 rings (SSSR count). The number of ether oxygens (including phenoxy) is 1. The molecule has 1 aromatic carbocycles. The maximum absolute atomic E-state index is 12.0. The van der Waals surface area contributed by atoms with Crippen LogP contribution in [0.1, 0.15) is 5.56 Å². The number of benzene rings is 1. The number of para-hydroxylation sites is 1. The molecule has 20 heavy (non-hydrogen) atoms. The SMILES string of the molecule is COc1ccccc1CC(=O)NC1CS(=O)(=O)CC1Cl. The van der Waals surface area contributed by atoms with Gasteiger partial charge in [0, 0.05) is 5.56 Å². The lowest BCUT2D eigenvalue weighted by molar-refractivity contribution is -0.121. The third-order valence-electron chi connectivity index (χ3n) is 3.17. The number of hydrogen-bond donors (Lipinski definition) is 1. The lowest BCUT2D eigenvalue weighted by Gasteiger charge is -2.15. The molecule has 1 saturated heterocycles. The Hall–Kier alpha value is -1.27. The van der Waals surface area contributed by atoms with E-state index < -0.39 is 21.3 Å². The fraction of sp³-hybridized carbons (Fsp3) is 0.462. The number of amides is 1. The monoisotopic (exact) mass is 317 g/mol. The van der Waals surface area contributed by atoms with Crippen LogP contribution in [0.4, 0.5) is 0 Å². The summed E-state index contributed by atoms with van der Waals surface area (Å²) in [5.41, 5.74) is 0.750. The van der Waals surface area contributed by atoms with Gasteiger partial charge in [-0.25, -0.2) is 8.42 Å². The average molecular weight is 318 g/mol. The third-order valence-corrected chi connectivity index (χ3v) is 5.55. The minimum Gasteiger partial charge on any atom is -0.496 e. The van der Waals surface area contributed by atoms with E-state index in [1.54, 1.807) is 12.1 Å². The van der Waals surface area contributed by atoms with E-state index in [-0.39, 0.29) is 23.8 Å². The van der Waals surface area contributed by atoms with Crippen molar-refractivity contribution in [2.24, 2.45) is 0 Å². The first-order valence-corrected chi connectivity index (χ1v) is 8.43. The smallest absolute Gasteiger partial charge is 0.224 e. The maximum Gasteiger partial charge on any atom is 0.224 e. The highest BCUT2D eigenvalue weighted by molar-refractivity contribution is 7.91. The molecule has 0 spiro atoms. The predicted molar refractivity (Wildman–Crippen MR) is 76.9 cm³/mol. The Morgan fingerprint density at radius 1 is 1.40 bits per heavy atom. The van der Waals surface area contributed by atoms with Crippen molar-refractivity contribution in [1.82, 2.24) is 5.32 Å². The predicted octanol–water partition coefficient (Wildman–Crippen LogP) is 0.758. The molecule has 2 unspecified atom stereocenters. The summed E-state index contributed by atoms with van der Waals surface area (Å²) in [4.78, 5) is 12.0. The van der Waals surface area contributed by atoms with E-state index in [9.17, 15) is 13.2 Å². The molecule has 1 aliphatic heterocycles. The summed E-state index contributed by atoms with van der Waals surface area (Å²) < 4.78 is 28.0. The van der Waals surface area contributed by atoms with E-state index in [0.717, 1.165) is 5.56 Å². The van der Waals surface area contributed by atoms with Gasteiger partial charge in [0.2, 0.25) is 5.91 Å². The fourth-order valence-electron chi connectivity index (χ4n) is 2.22. The molecular formula is C13H16ClNO4S. The van der Waals surface area contributed by atoms with Crippen molar-refractivity contribution < 1.29 is 17.9 Å². The highest BCUT2D eigenvalue weighted by Gasteiger charge is 2.37. The number of hydrogen-bond acceptors (Lipinski definition) is 4. The molecule has 0 aliphatic carbocycles. The summed E-state index contributed by atoms with van der Waals surface area (Å²) in [6, 6.07) is 6.67. The normalized spacial score (nSPS) is 24.3. The molecule has 1 fully saturated rings. The molecule has 7 heteroatoms. The molecule has 2 atom stereocenters. The lowest BCUT2D eigenvalue weighted by atomic mass is 10.1. The first-order chi connectivity index (χ1) is 9.41. The summed E-state index contributed by atoms with van der Waals surface area (Å²) in [5, 5.41) is 2.11. The van der Waals surface area contributed by atoms with E-state index in [2.05, 4.69) is 5.32 Å². The minimum absolute atomic E-state index is 0.0891. The van der Waals surface area contributed by atoms with Gasteiger partial charge in [-0.05, 0) is 6.07 Å². The zero-order valence-corrected chi connectivity index (χ0v) is 12.6. The highest BCUT2D eigenvalue weighted by Crippen LogP contribution is 2.20.